The maximum Gasteiger partial charge on any atom is 0.319 e. The van der Waals surface area contributed by atoms with Gasteiger partial charge in [-0.2, -0.15) is 9.97 Å². The maximum atomic E-state index is 16.9. The van der Waals surface area contributed by atoms with E-state index in [0.29, 0.717) is 42.0 Å². The molecule has 2 N–H and O–H groups in total. The molecule has 6 heterocycles. The average Bonchev–Trinajstić information content (AvgIpc) is 3.84. The first kappa shape index (κ1) is 31.2. The molecule has 0 saturated carbocycles. The number of nitrogens with one attached hydrogen (secondary N) is 1. The number of hydrogen-bond donors (Lipinski definition) is 2. The highest BCUT2D eigenvalue weighted by atomic mass is 19.1. The number of imide groups is 1. The van der Waals surface area contributed by atoms with Crippen molar-refractivity contribution in [2.75, 3.05) is 37.7 Å². The Kier molecular flexibility index (Phi) is 7.41. The molecular weight excluding hydrogens is 639 g/mol. The van der Waals surface area contributed by atoms with E-state index in [1.165, 1.54) is 0 Å². The number of benzene rings is 3. The molecular formula is C38H39FN6O5. The van der Waals surface area contributed by atoms with Crippen LogP contribution in [0.4, 0.5) is 10.2 Å². The molecule has 5 aliphatic heterocycles. The first-order chi connectivity index (χ1) is 24.3. The van der Waals surface area contributed by atoms with Gasteiger partial charge >= 0.3 is 6.01 Å². The van der Waals surface area contributed by atoms with Crippen LogP contribution >= 0.6 is 0 Å². The molecule has 1 aromatic heterocycles. The number of nitrogens with zero attached hydrogens (tertiary/aromatic N) is 5. The number of aromatic nitrogens is 2. The van der Waals surface area contributed by atoms with Gasteiger partial charge in [0.25, 0.3) is 0 Å². The molecule has 2 bridgehead atoms. The number of phenolic OH excluding ortho intramolecular Hbond substituents is 1. The van der Waals surface area contributed by atoms with Gasteiger partial charge in [0.1, 0.15) is 23.7 Å². The second-order valence-electron chi connectivity index (χ2n) is 14.7. The van der Waals surface area contributed by atoms with Crippen molar-refractivity contribution in [3.63, 3.8) is 0 Å². The first-order valence-electron chi connectivity index (χ1n) is 17.8. The quantitative estimate of drug-likeness (QED) is 0.271. The first-order valence-corrected chi connectivity index (χ1v) is 17.8. The summed E-state index contributed by atoms with van der Waals surface area (Å²) < 4.78 is 23.3. The fraction of sp³-hybridized carbons (Fsp3) is 0.447. The lowest BCUT2D eigenvalue weighted by Crippen LogP contribution is -2.56. The number of ether oxygens (including phenoxy) is 1. The van der Waals surface area contributed by atoms with E-state index in [4.69, 9.17) is 14.7 Å². The van der Waals surface area contributed by atoms with Crippen LogP contribution in [-0.2, 0) is 14.4 Å². The van der Waals surface area contributed by atoms with Crippen LogP contribution < -0.4 is 15.0 Å². The van der Waals surface area contributed by atoms with Gasteiger partial charge in [-0.25, -0.2) is 4.39 Å². The van der Waals surface area contributed by atoms with Crippen LogP contribution in [0.1, 0.15) is 51.4 Å². The van der Waals surface area contributed by atoms with Gasteiger partial charge in [-0.05, 0) is 86.1 Å². The van der Waals surface area contributed by atoms with E-state index in [-0.39, 0.29) is 65.5 Å². The van der Waals surface area contributed by atoms with Gasteiger partial charge in [0.05, 0.1) is 11.5 Å². The summed E-state index contributed by atoms with van der Waals surface area (Å²) in [6.45, 7) is 3.51. The van der Waals surface area contributed by atoms with Crippen molar-refractivity contribution in [3.05, 3.63) is 54.3 Å². The zero-order chi connectivity index (χ0) is 34.1. The Balaban J connectivity index is 1.08. The van der Waals surface area contributed by atoms with Crippen molar-refractivity contribution < 1.29 is 28.6 Å². The third kappa shape index (κ3) is 5.14. The van der Waals surface area contributed by atoms with Gasteiger partial charge in [0.15, 0.2) is 5.82 Å². The van der Waals surface area contributed by atoms with Crippen molar-refractivity contribution >= 4 is 45.2 Å². The third-order valence-electron chi connectivity index (χ3n) is 11.7. The Labute approximate surface area is 288 Å². The molecule has 5 fully saturated rings. The molecule has 9 rings (SSSR count). The van der Waals surface area contributed by atoms with Gasteiger partial charge in [-0.15, -0.1) is 0 Å². The monoisotopic (exact) mass is 678 g/mol. The van der Waals surface area contributed by atoms with Gasteiger partial charge in [-0.1, -0.05) is 30.3 Å². The van der Waals surface area contributed by atoms with E-state index in [2.05, 4.69) is 15.1 Å². The van der Waals surface area contributed by atoms with Crippen LogP contribution in [0, 0.1) is 11.7 Å². The smallest absolute Gasteiger partial charge is 0.319 e. The molecule has 0 radical (unpaired) electrons. The minimum Gasteiger partial charge on any atom is -0.508 e. The minimum atomic E-state index is -0.631. The predicted molar refractivity (Wildman–Crippen MR) is 184 cm³/mol. The molecule has 3 atom stereocenters. The zero-order valence-corrected chi connectivity index (χ0v) is 27.7. The Hall–Kier alpha value is -4.84. The van der Waals surface area contributed by atoms with Crippen LogP contribution in [0.5, 0.6) is 11.8 Å². The highest BCUT2D eigenvalue weighted by Crippen LogP contribution is 2.42. The number of anilines is 1. The fourth-order valence-corrected chi connectivity index (χ4v) is 9.39. The van der Waals surface area contributed by atoms with Gasteiger partial charge in [-0.3, -0.25) is 24.6 Å². The molecule has 12 heteroatoms. The lowest BCUT2D eigenvalue weighted by Gasteiger charge is -2.42. The van der Waals surface area contributed by atoms with Gasteiger partial charge < -0.3 is 19.6 Å². The molecule has 0 aliphatic carbocycles. The highest BCUT2D eigenvalue weighted by Gasteiger charge is 2.46. The SMILES string of the molecule is O=C1CC(CC(=O)N2[C@@H]3CC[C@H]2CN(c2nc(OCC45CCCN4CCC5)nc4c(F)c(-c5cc(O)cc6ccccc56)ccc24)C3)C(=O)N1. The summed E-state index contributed by atoms with van der Waals surface area (Å²) in [5.41, 5.74) is 0.980. The predicted octanol–water partition coefficient (Wildman–Crippen LogP) is 4.53. The number of amides is 3. The summed E-state index contributed by atoms with van der Waals surface area (Å²) in [6.07, 6.45) is 6.00. The van der Waals surface area contributed by atoms with E-state index in [9.17, 15) is 19.5 Å². The highest BCUT2D eigenvalue weighted by molar-refractivity contribution is 6.05. The number of piperazine rings is 1. The normalized spacial score (nSPS) is 24.4. The molecule has 5 saturated heterocycles. The minimum absolute atomic E-state index is 0.00940. The van der Waals surface area contributed by atoms with Crippen LogP contribution in [-0.4, -0.2) is 93.0 Å². The van der Waals surface area contributed by atoms with Crippen LogP contribution in [0.15, 0.2) is 48.5 Å². The van der Waals surface area contributed by atoms with Crippen LogP contribution in [0.3, 0.4) is 0 Å². The number of carbonyl (C=O) groups is 3. The number of aromatic hydroxyl groups is 1. The summed E-state index contributed by atoms with van der Waals surface area (Å²) in [4.78, 5) is 53.6. The van der Waals surface area contributed by atoms with Crippen LogP contribution in [0.2, 0.25) is 0 Å². The number of fused-ring (bicyclic) bond motifs is 5. The lowest BCUT2D eigenvalue weighted by molar-refractivity contribution is -0.138. The van der Waals surface area contributed by atoms with Crippen LogP contribution in [0.25, 0.3) is 32.8 Å². The Morgan fingerprint density at radius 2 is 1.74 bits per heavy atom. The molecule has 4 aromatic rings. The van der Waals surface area contributed by atoms with Crippen molar-refractivity contribution in [2.45, 2.75) is 69.0 Å². The summed E-state index contributed by atoms with van der Waals surface area (Å²) in [5, 5.41) is 15.0. The number of carbonyl (C=O) groups excluding carboxylic acids is 3. The van der Waals surface area contributed by atoms with E-state index in [0.717, 1.165) is 62.4 Å². The van der Waals surface area contributed by atoms with E-state index in [1.807, 2.05) is 35.2 Å². The second-order valence-corrected chi connectivity index (χ2v) is 14.7. The summed E-state index contributed by atoms with van der Waals surface area (Å²) in [7, 11) is 0. The lowest BCUT2D eigenvalue weighted by atomic mass is 9.95. The standard InChI is InChI=1S/C38H39FN6O5/c39-33-28(30-18-26(46)15-22-5-1-2-6-27(22)30)9-10-29-34(33)41-37(50-21-38-11-3-13-44(38)14-4-12-38)42-35(29)43-19-24-7-8-25(20-43)45(24)32(48)17-23-16-31(47)40-36(23)49/h1-2,5-6,9-10,15,18,23-25,46H,3-4,7-8,11-14,16-17,19-21H2,(H,40,47,49)/t23?,24-,25+. The summed E-state index contributed by atoms with van der Waals surface area (Å²) in [6, 6.07) is 14.3. The molecule has 11 nitrogen and oxygen atoms in total. The maximum absolute atomic E-state index is 16.9. The number of rotatable bonds is 7. The van der Waals surface area contributed by atoms with Crippen molar-refractivity contribution in [3.8, 4) is 22.9 Å². The van der Waals surface area contributed by atoms with Gasteiger partial charge in [0, 0.05) is 49.0 Å². The molecule has 3 amide bonds. The Bertz CT molecular complexity index is 2050. The topological polar surface area (TPSA) is 128 Å². The van der Waals surface area contributed by atoms with E-state index in [1.54, 1.807) is 18.2 Å². The van der Waals surface area contributed by atoms with Crippen molar-refractivity contribution in [2.24, 2.45) is 5.92 Å². The molecule has 3 aromatic carbocycles. The van der Waals surface area contributed by atoms with E-state index < -0.39 is 11.7 Å². The average molecular weight is 679 g/mol. The number of halogens is 1. The Morgan fingerprint density at radius 1 is 0.980 bits per heavy atom. The molecule has 50 heavy (non-hydrogen) atoms. The molecule has 258 valence electrons. The van der Waals surface area contributed by atoms with E-state index >= 15 is 4.39 Å². The number of phenols is 1. The van der Waals surface area contributed by atoms with Gasteiger partial charge in [0.2, 0.25) is 17.7 Å². The molecule has 0 spiro atoms. The second kappa shape index (κ2) is 11.9. The molecule has 5 aliphatic rings. The zero-order valence-electron chi connectivity index (χ0n) is 27.7. The largest absolute Gasteiger partial charge is 0.508 e. The summed E-state index contributed by atoms with van der Waals surface area (Å²) >= 11 is 0. The fourth-order valence-electron chi connectivity index (χ4n) is 9.39. The summed E-state index contributed by atoms with van der Waals surface area (Å²) in [5.74, 6) is -1.38. The number of hydrogen-bond acceptors (Lipinski definition) is 9. The van der Waals surface area contributed by atoms with Crippen molar-refractivity contribution in [1.82, 2.24) is 25.1 Å². The molecule has 1 unspecified atom stereocenters. The Morgan fingerprint density at radius 3 is 2.48 bits per heavy atom. The third-order valence-corrected chi connectivity index (χ3v) is 11.7. The van der Waals surface area contributed by atoms with Crippen molar-refractivity contribution in [1.29, 1.82) is 0 Å².